The van der Waals surface area contributed by atoms with Gasteiger partial charge in [0.25, 0.3) is 0 Å². The van der Waals surface area contributed by atoms with Crippen LogP contribution in [0, 0.1) is 0 Å². The number of benzene rings is 2. The molecule has 0 amide bonds. The summed E-state index contributed by atoms with van der Waals surface area (Å²) >= 11 is 3.35. The highest BCUT2D eigenvalue weighted by Gasteiger charge is 2.00. The number of aliphatic imine (C=N–C) groups is 1. The maximum absolute atomic E-state index is 4.48. The Kier molecular flexibility index (Phi) is 3.62. The first kappa shape index (κ1) is 12.4. The SMILES string of the molecule is CSc1ccc(C=Nc2nc3ccccc3s2)cc1. The van der Waals surface area contributed by atoms with E-state index in [2.05, 4.69) is 46.6 Å². The second kappa shape index (κ2) is 5.55. The topological polar surface area (TPSA) is 25.2 Å². The van der Waals surface area contributed by atoms with Crippen molar-refractivity contribution < 1.29 is 0 Å². The number of aromatic nitrogens is 1. The molecular formula is C15H12N2S2. The van der Waals surface area contributed by atoms with Crippen molar-refractivity contribution >= 4 is 44.7 Å². The lowest BCUT2D eigenvalue weighted by atomic mass is 10.2. The molecule has 0 fully saturated rings. The fourth-order valence-electron chi connectivity index (χ4n) is 1.73. The first-order valence-corrected chi connectivity index (χ1v) is 7.93. The van der Waals surface area contributed by atoms with Gasteiger partial charge in [0.05, 0.1) is 10.2 Å². The van der Waals surface area contributed by atoms with Crippen molar-refractivity contribution in [2.75, 3.05) is 6.26 Å². The lowest BCUT2D eigenvalue weighted by Gasteiger charge is -1.95. The highest BCUT2D eigenvalue weighted by Crippen LogP contribution is 2.27. The van der Waals surface area contributed by atoms with Gasteiger partial charge in [-0.2, -0.15) is 0 Å². The van der Waals surface area contributed by atoms with Crippen molar-refractivity contribution in [2.24, 2.45) is 4.99 Å². The summed E-state index contributed by atoms with van der Waals surface area (Å²) in [6.07, 6.45) is 3.94. The molecule has 0 bridgehead atoms. The molecule has 0 unspecified atom stereocenters. The van der Waals surface area contributed by atoms with E-state index in [0.717, 1.165) is 16.2 Å². The summed E-state index contributed by atoms with van der Waals surface area (Å²) in [5.74, 6) is 0. The van der Waals surface area contributed by atoms with Gasteiger partial charge in [-0.1, -0.05) is 35.6 Å². The van der Waals surface area contributed by atoms with Gasteiger partial charge in [0.15, 0.2) is 0 Å². The molecule has 2 aromatic carbocycles. The van der Waals surface area contributed by atoms with Crippen molar-refractivity contribution in [3.8, 4) is 0 Å². The van der Waals surface area contributed by atoms with Crippen LogP contribution in [0.3, 0.4) is 0 Å². The molecule has 3 aromatic rings. The number of fused-ring (bicyclic) bond motifs is 1. The van der Waals surface area contributed by atoms with Gasteiger partial charge < -0.3 is 0 Å². The van der Waals surface area contributed by atoms with Gasteiger partial charge in [-0.25, -0.2) is 9.98 Å². The maximum atomic E-state index is 4.48. The summed E-state index contributed by atoms with van der Waals surface area (Å²) in [6.45, 7) is 0. The number of nitrogens with zero attached hydrogens (tertiary/aromatic N) is 2. The van der Waals surface area contributed by atoms with Gasteiger partial charge >= 0.3 is 0 Å². The van der Waals surface area contributed by atoms with E-state index in [0.29, 0.717) is 0 Å². The monoisotopic (exact) mass is 284 g/mol. The number of hydrogen-bond donors (Lipinski definition) is 0. The molecule has 2 nitrogen and oxygen atoms in total. The maximum Gasteiger partial charge on any atom is 0.210 e. The molecule has 0 aliphatic heterocycles. The van der Waals surface area contributed by atoms with Crippen LogP contribution < -0.4 is 0 Å². The second-order valence-electron chi connectivity index (χ2n) is 4.00. The Balaban J connectivity index is 1.84. The average molecular weight is 284 g/mol. The highest BCUT2D eigenvalue weighted by atomic mass is 32.2. The molecule has 0 aliphatic rings. The molecular weight excluding hydrogens is 272 g/mol. The van der Waals surface area contributed by atoms with E-state index in [1.54, 1.807) is 23.1 Å². The Labute approximate surface area is 120 Å². The smallest absolute Gasteiger partial charge is 0.210 e. The zero-order valence-corrected chi connectivity index (χ0v) is 12.0. The van der Waals surface area contributed by atoms with Crippen molar-refractivity contribution in [2.45, 2.75) is 4.90 Å². The summed E-state index contributed by atoms with van der Waals surface area (Å²) in [5, 5.41) is 0.801. The fraction of sp³-hybridized carbons (Fsp3) is 0.0667. The zero-order chi connectivity index (χ0) is 13.1. The summed E-state index contributed by atoms with van der Waals surface area (Å²) in [7, 11) is 0. The number of thioether (sulfide) groups is 1. The standard InChI is InChI=1S/C15H12N2S2/c1-18-12-8-6-11(7-9-12)10-16-15-17-13-4-2-3-5-14(13)19-15/h2-10H,1H3. The van der Waals surface area contributed by atoms with Crippen LogP contribution in [0.25, 0.3) is 10.2 Å². The van der Waals surface area contributed by atoms with Crippen molar-refractivity contribution in [3.63, 3.8) is 0 Å². The molecule has 19 heavy (non-hydrogen) atoms. The van der Waals surface area contributed by atoms with E-state index < -0.39 is 0 Å². The Bertz CT molecular complexity index is 681. The molecule has 3 rings (SSSR count). The Morgan fingerprint density at radius 2 is 1.89 bits per heavy atom. The van der Waals surface area contributed by atoms with Crippen LogP contribution in [-0.2, 0) is 0 Å². The lowest BCUT2D eigenvalue weighted by molar-refractivity contribution is 1.40. The van der Waals surface area contributed by atoms with E-state index in [9.17, 15) is 0 Å². The largest absolute Gasteiger partial charge is 0.227 e. The third-order valence-electron chi connectivity index (χ3n) is 2.72. The Morgan fingerprint density at radius 3 is 2.63 bits per heavy atom. The molecule has 0 radical (unpaired) electrons. The first-order valence-electron chi connectivity index (χ1n) is 5.89. The van der Waals surface area contributed by atoms with Gasteiger partial charge in [-0.15, -0.1) is 11.8 Å². The molecule has 1 aromatic heterocycles. The van der Waals surface area contributed by atoms with Crippen LogP contribution in [0.4, 0.5) is 5.13 Å². The van der Waals surface area contributed by atoms with Crippen molar-refractivity contribution in [1.82, 2.24) is 4.98 Å². The zero-order valence-electron chi connectivity index (χ0n) is 10.4. The van der Waals surface area contributed by atoms with E-state index in [-0.39, 0.29) is 0 Å². The minimum absolute atomic E-state index is 0.801. The van der Waals surface area contributed by atoms with Crippen LogP contribution in [-0.4, -0.2) is 17.5 Å². The third-order valence-corrected chi connectivity index (χ3v) is 4.41. The number of para-hydroxylation sites is 1. The minimum atomic E-state index is 0.801. The van der Waals surface area contributed by atoms with Crippen molar-refractivity contribution in [3.05, 3.63) is 54.1 Å². The van der Waals surface area contributed by atoms with Gasteiger partial charge in [0.2, 0.25) is 5.13 Å². The number of hydrogen-bond acceptors (Lipinski definition) is 4. The Morgan fingerprint density at radius 1 is 1.11 bits per heavy atom. The minimum Gasteiger partial charge on any atom is -0.227 e. The summed E-state index contributed by atoms with van der Waals surface area (Å²) in [6, 6.07) is 16.4. The first-order chi connectivity index (χ1) is 9.35. The summed E-state index contributed by atoms with van der Waals surface area (Å²) < 4.78 is 1.17. The van der Waals surface area contributed by atoms with Crippen LogP contribution in [0.2, 0.25) is 0 Å². The molecule has 0 spiro atoms. The van der Waals surface area contributed by atoms with Gasteiger partial charge in [-0.05, 0) is 36.1 Å². The molecule has 0 saturated heterocycles. The van der Waals surface area contributed by atoms with E-state index in [1.807, 2.05) is 24.4 Å². The Hall–Kier alpha value is -1.65. The second-order valence-corrected chi connectivity index (χ2v) is 5.88. The van der Waals surface area contributed by atoms with Crippen LogP contribution in [0.15, 0.2) is 58.4 Å². The molecule has 0 aliphatic carbocycles. The lowest BCUT2D eigenvalue weighted by Crippen LogP contribution is -1.79. The van der Waals surface area contributed by atoms with Gasteiger partial charge in [-0.3, -0.25) is 0 Å². The third kappa shape index (κ3) is 2.85. The highest BCUT2D eigenvalue weighted by molar-refractivity contribution is 7.98. The summed E-state index contributed by atoms with van der Waals surface area (Å²) in [4.78, 5) is 10.2. The van der Waals surface area contributed by atoms with E-state index >= 15 is 0 Å². The van der Waals surface area contributed by atoms with Crippen LogP contribution >= 0.6 is 23.1 Å². The average Bonchev–Trinajstić information content (AvgIpc) is 2.88. The van der Waals surface area contributed by atoms with E-state index in [4.69, 9.17) is 0 Å². The number of thiazole rings is 1. The fourth-order valence-corrected chi connectivity index (χ4v) is 2.95. The van der Waals surface area contributed by atoms with Gasteiger partial charge in [0.1, 0.15) is 0 Å². The van der Waals surface area contributed by atoms with Crippen molar-refractivity contribution in [1.29, 1.82) is 0 Å². The molecule has 4 heteroatoms. The van der Waals surface area contributed by atoms with Crippen LogP contribution in [0.5, 0.6) is 0 Å². The van der Waals surface area contributed by atoms with E-state index in [1.165, 1.54) is 9.60 Å². The molecule has 0 atom stereocenters. The number of rotatable bonds is 3. The molecule has 1 heterocycles. The van der Waals surface area contributed by atoms with Gasteiger partial charge in [0, 0.05) is 11.1 Å². The summed E-state index contributed by atoms with van der Waals surface area (Å²) in [5.41, 5.74) is 2.11. The molecule has 0 saturated carbocycles. The quantitative estimate of drug-likeness (QED) is 0.511. The normalized spacial score (nSPS) is 11.4. The van der Waals surface area contributed by atoms with Crippen LogP contribution in [0.1, 0.15) is 5.56 Å². The predicted molar refractivity (Wildman–Crippen MR) is 85.1 cm³/mol. The predicted octanol–water partition coefficient (Wildman–Crippen LogP) is 4.77. The molecule has 0 N–H and O–H groups in total. The molecule has 94 valence electrons.